The molecule has 0 aliphatic carbocycles. The summed E-state index contributed by atoms with van der Waals surface area (Å²) in [5.41, 5.74) is 6.29. The van der Waals surface area contributed by atoms with Crippen molar-refractivity contribution in [2.24, 2.45) is 0 Å². The number of carbonyl (C=O) groups excluding carboxylic acids is 2. The molecular weight excluding hydrogens is 464 g/mol. The summed E-state index contributed by atoms with van der Waals surface area (Å²) >= 11 is 6.55. The van der Waals surface area contributed by atoms with E-state index < -0.39 is 0 Å². The van der Waals surface area contributed by atoms with Crippen molar-refractivity contribution in [2.75, 3.05) is 12.0 Å². The molecule has 0 saturated carbocycles. The Balaban J connectivity index is 1.45. The zero-order chi connectivity index (χ0) is 23.7. The number of amides is 2. The van der Waals surface area contributed by atoms with Gasteiger partial charge >= 0.3 is 0 Å². The average molecular weight is 489 g/mol. The molecule has 5 rings (SSSR count). The molecule has 2 heterocycles. The molecule has 1 unspecified atom stereocenters. The predicted molar refractivity (Wildman–Crippen MR) is 140 cm³/mol. The smallest absolute Gasteiger partial charge is 0.239 e. The first-order valence-corrected chi connectivity index (χ1v) is 12.5. The molecule has 2 aliphatic rings. The number of anilines is 1. The van der Waals surface area contributed by atoms with Crippen LogP contribution in [-0.2, 0) is 29.0 Å². The number of nitrogens with one attached hydrogen (secondary N) is 1. The molecule has 2 aliphatic heterocycles. The minimum Gasteiger partial charge on any atom is -0.495 e. The van der Waals surface area contributed by atoms with Gasteiger partial charge in [-0.25, -0.2) is 0 Å². The summed E-state index contributed by atoms with van der Waals surface area (Å²) in [5, 5.41) is 2.47. The van der Waals surface area contributed by atoms with Gasteiger partial charge in [0.15, 0.2) is 0 Å². The summed E-state index contributed by atoms with van der Waals surface area (Å²) in [6, 6.07) is 22.5. The molecule has 3 aromatic carbocycles. The summed E-state index contributed by atoms with van der Waals surface area (Å²) in [6.07, 6.45) is 1.63. The molecular formula is C27H24N2O3S2. The molecule has 0 aromatic heterocycles. The van der Waals surface area contributed by atoms with Gasteiger partial charge in [-0.3, -0.25) is 9.59 Å². The maximum absolute atomic E-state index is 13.1. The molecule has 5 nitrogen and oxygen atoms in total. The van der Waals surface area contributed by atoms with Crippen molar-refractivity contribution in [3.63, 3.8) is 0 Å². The number of hydrogen-bond acceptors (Lipinski definition) is 5. The third-order valence-electron chi connectivity index (χ3n) is 6.30. The summed E-state index contributed by atoms with van der Waals surface area (Å²) in [6.45, 7) is 0.462. The number of thioether (sulfide) groups is 1. The van der Waals surface area contributed by atoms with Gasteiger partial charge in [0.1, 0.15) is 10.1 Å². The molecule has 34 heavy (non-hydrogen) atoms. The van der Waals surface area contributed by atoms with Crippen LogP contribution in [0.3, 0.4) is 0 Å². The fourth-order valence-corrected chi connectivity index (χ4v) is 5.89. The van der Waals surface area contributed by atoms with E-state index in [4.69, 9.17) is 17.0 Å². The number of carbonyl (C=O) groups is 2. The van der Waals surface area contributed by atoms with E-state index in [2.05, 4.69) is 41.7 Å². The molecule has 0 spiro atoms. The summed E-state index contributed by atoms with van der Waals surface area (Å²) in [7, 11) is 1.62. The zero-order valence-electron chi connectivity index (χ0n) is 18.7. The van der Waals surface area contributed by atoms with Crippen LogP contribution >= 0.6 is 24.0 Å². The average Bonchev–Trinajstić information content (AvgIpc) is 3.18. The van der Waals surface area contributed by atoms with E-state index in [1.54, 1.807) is 7.11 Å². The van der Waals surface area contributed by atoms with Crippen molar-refractivity contribution in [3.8, 4) is 16.9 Å². The van der Waals surface area contributed by atoms with Crippen LogP contribution in [0.25, 0.3) is 11.1 Å². The third kappa shape index (κ3) is 4.45. The predicted octanol–water partition coefficient (Wildman–Crippen LogP) is 4.90. The van der Waals surface area contributed by atoms with E-state index in [1.165, 1.54) is 11.8 Å². The number of benzene rings is 3. The molecule has 1 atom stereocenters. The largest absolute Gasteiger partial charge is 0.495 e. The Hall–Kier alpha value is -3.16. The van der Waals surface area contributed by atoms with Gasteiger partial charge < -0.3 is 15.0 Å². The van der Waals surface area contributed by atoms with Crippen LogP contribution in [-0.4, -0.2) is 28.5 Å². The minimum atomic E-state index is -0.249. The Morgan fingerprint density at radius 2 is 1.74 bits per heavy atom. The highest BCUT2D eigenvalue weighted by molar-refractivity contribution is 8.24. The first-order chi connectivity index (χ1) is 16.5. The van der Waals surface area contributed by atoms with Crippen LogP contribution in [0.15, 0.2) is 66.7 Å². The SMILES string of the molecule is COc1ccc(CC2SC(=S)NC2=O)c2c1N(Cc1ccc(-c3ccccc3)cc1)C(=O)CC2. The summed E-state index contributed by atoms with van der Waals surface area (Å²) < 4.78 is 6.19. The van der Waals surface area contributed by atoms with E-state index in [0.29, 0.717) is 35.9 Å². The first kappa shape index (κ1) is 22.6. The number of rotatable bonds is 6. The van der Waals surface area contributed by atoms with E-state index in [1.807, 2.05) is 35.2 Å². The Bertz CT molecular complexity index is 1260. The lowest BCUT2D eigenvalue weighted by Gasteiger charge is -2.32. The first-order valence-electron chi connectivity index (χ1n) is 11.2. The number of hydrogen-bond donors (Lipinski definition) is 1. The van der Waals surface area contributed by atoms with Gasteiger partial charge in [0.05, 0.1) is 24.6 Å². The van der Waals surface area contributed by atoms with Crippen molar-refractivity contribution in [1.82, 2.24) is 5.32 Å². The van der Waals surface area contributed by atoms with Crippen LogP contribution in [0.1, 0.15) is 23.1 Å². The number of fused-ring (bicyclic) bond motifs is 1. The monoisotopic (exact) mass is 488 g/mol. The van der Waals surface area contributed by atoms with Crippen molar-refractivity contribution in [2.45, 2.75) is 31.1 Å². The normalized spacial score (nSPS) is 17.5. The summed E-state index contributed by atoms with van der Waals surface area (Å²) in [4.78, 5) is 27.1. The maximum atomic E-state index is 13.1. The molecule has 0 radical (unpaired) electrons. The Morgan fingerprint density at radius 3 is 2.41 bits per heavy atom. The van der Waals surface area contributed by atoms with Crippen molar-refractivity contribution < 1.29 is 14.3 Å². The lowest BCUT2D eigenvalue weighted by molar-refractivity contribution is -0.119. The van der Waals surface area contributed by atoms with Crippen LogP contribution in [0.5, 0.6) is 5.75 Å². The van der Waals surface area contributed by atoms with Gasteiger partial charge in [-0.05, 0) is 46.7 Å². The zero-order valence-corrected chi connectivity index (χ0v) is 20.4. The fraction of sp³-hybridized carbons (Fsp3) is 0.222. The topological polar surface area (TPSA) is 58.6 Å². The number of methoxy groups -OCH3 is 1. The quantitative estimate of drug-likeness (QED) is 0.500. The Labute approximate surface area is 208 Å². The Kier molecular flexibility index (Phi) is 6.39. The van der Waals surface area contributed by atoms with Crippen LogP contribution in [0, 0.1) is 0 Å². The van der Waals surface area contributed by atoms with Gasteiger partial charge in [0.2, 0.25) is 11.8 Å². The molecule has 1 fully saturated rings. The van der Waals surface area contributed by atoms with Gasteiger partial charge in [-0.1, -0.05) is 84.6 Å². The molecule has 2 amide bonds. The molecule has 1 saturated heterocycles. The molecule has 1 N–H and O–H groups in total. The molecule has 172 valence electrons. The fourth-order valence-electron chi connectivity index (χ4n) is 4.59. The molecule has 3 aromatic rings. The van der Waals surface area contributed by atoms with E-state index in [0.717, 1.165) is 33.5 Å². The van der Waals surface area contributed by atoms with Crippen molar-refractivity contribution >= 4 is 45.8 Å². The van der Waals surface area contributed by atoms with E-state index in [-0.39, 0.29) is 17.1 Å². The highest BCUT2D eigenvalue weighted by atomic mass is 32.2. The number of thiocarbonyl (C=S) groups is 1. The van der Waals surface area contributed by atoms with Gasteiger partial charge in [-0.15, -0.1) is 0 Å². The standard InChI is InChI=1S/C27H24N2O3S2/c1-32-22-13-11-20(15-23-26(31)28-27(33)34-23)21-12-14-24(30)29(25(21)22)16-17-7-9-19(10-8-17)18-5-3-2-4-6-18/h2-11,13,23H,12,14-16H2,1H3,(H,28,31,33). The van der Waals surface area contributed by atoms with Gasteiger partial charge in [-0.2, -0.15) is 0 Å². The third-order valence-corrected chi connectivity index (χ3v) is 7.67. The summed E-state index contributed by atoms with van der Waals surface area (Å²) in [5.74, 6) is 0.692. The van der Waals surface area contributed by atoms with Crippen molar-refractivity contribution in [1.29, 1.82) is 0 Å². The number of ether oxygens (including phenoxy) is 1. The van der Waals surface area contributed by atoms with Crippen LogP contribution in [0.4, 0.5) is 5.69 Å². The van der Waals surface area contributed by atoms with Crippen LogP contribution < -0.4 is 15.0 Å². The lowest BCUT2D eigenvalue weighted by atomic mass is 9.92. The highest BCUT2D eigenvalue weighted by Gasteiger charge is 2.33. The van der Waals surface area contributed by atoms with Gasteiger partial charge in [0.25, 0.3) is 0 Å². The van der Waals surface area contributed by atoms with E-state index >= 15 is 0 Å². The number of nitrogens with zero attached hydrogens (tertiary/aromatic N) is 1. The second kappa shape index (κ2) is 9.60. The minimum absolute atomic E-state index is 0.0539. The lowest BCUT2D eigenvalue weighted by Crippen LogP contribution is -2.35. The van der Waals surface area contributed by atoms with Crippen LogP contribution in [0.2, 0.25) is 0 Å². The maximum Gasteiger partial charge on any atom is 0.239 e. The molecule has 7 heteroatoms. The highest BCUT2D eigenvalue weighted by Crippen LogP contribution is 2.41. The van der Waals surface area contributed by atoms with E-state index in [9.17, 15) is 9.59 Å². The van der Waals surface area contributed by atoms with Crippen molar-refractivity contribution in [3.05, 3.63) is 83.4 Å². The second-order valence-electron chi connectivity index (χ2n) is 8.38. The molecule has 0 bridgehead atoms. The van der Waals surface area contributed by atoms with Gasteiger partial charge in [0, 0.05) is 6.42 Å². The Morgan fingerprint density at radius 1 is 1.00 bits per heavy atom. The second-order valence-corrected chi connectivity index (χ2v) is 10.3.